The van der Waals surface area contributed by atoms with Crippen LogP contribution in [0, 0.1) is 11.6 Å². The number of imide groups is 1. The van der Waals surface area contributed by atoms with Crippen LogP contribution in [0.15, 0.2) is 30.9 Å². The number of urea groups is 1. The van der Waals surface area contributed by atoms with Gasteiger partial charge < -0.3 is 10.1 Å². The van der Waals surface area contributed by atoms with Crippen molar-refractivity contribution in [2.75, 3.05) is 13.2 Å². The highest BCUT2D eigenvalue weighted by Gasteiger charge is 2.19. The second kappa shape index (κ2) is 7.73. The Kier molecular flexibility index (Phi) is 5.99. The maximum Gasteiger partial charge on any atom is 0.344 e. The lowest BCUT2D eigenvalue weighted by molar-refractivity contribution is -0.123. The standard InChI is InChI=1S/C13H12F2N2O4/c1-2-6-16-13(20)17-10(18)7-21-12(19)11-8(14)4-3-5-9(11)15/h2-5H,1,6-7H2,(H2,16,17,18,20). The summed E-state index contributed by atoms with van der Waals surface area (Å²) in [6, 6.07) is 2.02. The Hall–Kier alpha value is -2.77. The van der Waals surface area contributed by atoms with Crippen molar-refractivity contribution < 1.29 is 27.9 Å². The number of hydrogen-bond acceptors (Lipinski definition) is 4. The van der Waals surface area contributed by atoms with E-state index >= 15 is 0 Å². The Morgan fingerprint density at radius 3 is 2.43 bits per heavy atom. The number of ether oxygens (including phenoxy) is 1. The predicted octanol–water partition coefficient (Wildman–Crippen LogP) is 1.13. The van der Waals surface area contributed by atoms with Gasteiger partial charge in [-0.15, -0.1) is 6.58 Å². The average Bonchev–Trinajstić information content (AvgIpc) is 2.42. The van der Waals surface area contributed by atoms with E-state index in [9.17, 15) is 23.2 Å². The number of amides is 3. The Morgan fingerprint density at radius 1 is 1.24 bits per heavy atom. The van der Waals surface area contributed by atoms with Crippen molar-refractivity contribution >= 4 is 17.9 Å². The molecule has 0 aliphatic carbocycles. The van der Waals surface area contributed by atoms with Gasteiger partial charge in [-0.25, -0.2) is 18.4 Å². The Bertz CT molecular complexity index is 555. The fourth-order valence-corrected chi connectivity index (χ4v) is 1.27. The molecule has 1 aromatic rings. The number of hydrogen-bond donors (Lipinski definition) is 2. The second-order valence-corrected chi connectivity index (χ2v) is 3.72. The van der Waals surface area contributed by atoms with Gasteiger partial charge in [0, 0.05) is 6.54 Å². The minimum Gasteiger partial charge on any atom is -0.452 e. The van der Waals surface area contributed by atoms with Gasteiger partial charge in [0.2, 0.25) is 0 Å². The van der Waals surface area contributed by atoms with Crippen LogP contribution in [-0.4, -0.2) is 31.1 Å². The van der Waals surface area contributed by atoms with Gasteiger partial charge in [-0.1, -0.05) is 12.1 Å². The lowest BCUT2D eigenvalue weighted by atomic mass is 10.2. The summed E-state index contributed by atoms with van der Waals surface area (Å²) in [6.45, 7) is 2.64. The van der Waals surface area contributed by atoms with E-state index in [2.05, 4.69) is 16.6 Å². The van der Waals surface area contributed by atoms with Crippen molar-refractivity contribution in [1.82, 2.24) is 10.6 Å². The summed E-state index contributed by atoms with van der Waals surface area (Å²) in [5.41, 5.74) is -0.901. The molecule has 3 amide bonds. The van der Waals surface area contributed by atoms with Gasteiger partial charge in [0.25, 0.3) is 5.91 Å². The monoisotopic (exact) mass is 298 g/mol. The molecule has 0 radical (unpaired) electrons. The van der Waals surface area contributed by atoms with Crippen LogP contribution in [0.4, 0.5) is 13.6 Å². The van der Waals surface area contributed by atoms with Gasteiger partial charge in [0.1, 0.15) is 17.2 Å². The lowest BCUT2D eigenvalue weighted by Crippen LogP contribution is -2.41. The van der Waals surface area contributed by atoms with E-state index in [1.165, 1.54) is 6.08 Å². The maximum atomic E-state index is 13.3. The number of benzene rings is 1. The summed E-state index contributed by atoms with van der Waals surface area (Å²) >= 11 is 0. The topological polar surface area (TPSA) is 84.5 Å². The summed E-state index contributed by atoms with van der Waals surface area (Å²) in [5.74, 6) is -4.50. The number of nitrogens with one attached hydrogen (secondary N) is 2. The van der Waals surface area contributed by atoms with Gasteiger partial charge in [-0.05, 0) is 12.1 Å². The first-order chi connectivity index (χ1) is 9.95. The molecule has 0 aliphatic rings. The fourth-order valence-electron chi connectivity index (χ4n) is 1.27. The van der Waals surface area contributed by atoms with Crippen LogP contribution < -0.4 is 10.6 Å². The van der Waals surface area contributed by atoms with E-state index in [4.69, 9.17) is 0 Å². The fraction of sp³-hybridized carbons (Fsp3) is 0.154. The summed E-state index contributed by atoms with van der Waals surface area (Å²) < 4.78 is 30.9. The van der Waals surface area contributed by atoms with Crippen molar-refractivity contribution in [2.24, 2.45) is 0 Å². The summed E-state index contributed by atoms with van der Waals surface area (Å²) in [7, 11) is 0. The Balaban J connectivity index is 2.51. The zero-order valence-electron chi connectivity index (χ0n) is 10.8. The molecule has 0 aliphatic heterocycles. The lowest BCUT2D eigenvalue weighted by Gasteiger charge is -2.07. The molecule has 6 nitrogen and oxygen atoms in total. The molecule has 0 atom stereocenters. The summed E-state index contributed by atoms with van der Waals surface area (Å²) in [6.07, 6.45) is 1.39. The van der Waals surface area contributed by atoms with E-state index in [1.54, 1.807) is 0 Å². The van der Waals surface area contributed by atoms with Crippen LogP contribution in [0.3, 0.4) is 0 Å². The van der Waals surface area contributed by atoms with Gasteiger partial charge >= 0.3 is 12.0 Å². The number of halogens is 2. The van der Waals surface area contributed by atoms with Crippen LogP contribution in [0.1, 0.15) is 10.4 Å². The first kappa shape index (κ1) is 16.3. The molecule has 0 spiro atoms. The third-order valence-electron chi connectivity index (χ3n) is 2.16. The van der Waals surface area contributed by atoms with Crippen molar-refractivity contribution in [1.29, 1.82) is 0 Å². The molecule has 2 N–H and O–H groups in total. The van der Waals surface area contributed by atoms with Gasteiger partial charge in [-0.2, -0.15) is 0 Å². The molecule has 0 saturated heterocycles. The molecular formula is C13H12F2N2O4. The molecule has 0 heterocycles. The molecular weight excluding hydrogens is 286 g/mol. The van der Waals surface area contributed by atoms with Crippen LogP contribution in [0.2, 0.25) is 0 Å². The first-order valence-electron chi connectivity index (χ1n) is 5.75. The maximum absolute atomic E-state index is 13.3. The highest BCUT2D eigenvalue weighted by Crippen LogP contribution is 2.13. The predicted molar refractivity (Wildman–Crippen MR) is 68.4 cm³/mol. The summed E-state index contributed by atoms with van der Waals surface area (Å²) in [4.78, 5) is 33.8. The second-order valence-electron chi connectivity index (χ2n) is 3.72. The molecule has 0 bridgehead atoms. The van der Waals surface area contributed by atoms with E-state index in [1.807, 2.05) is 5.32 Å². The normalized spacial score (nSPS) is 9.62. The minimum absolute atomic E-state index is 0.138. The molecule has 8 heteroatoms. The third kappa shape index (κ3) is 5.01. The first-order valence-corrected chi connectivity index (χ1v) is 5.75. The van der Waals surface area contributed by atoms with Crippen molar-refractivity contribution in [3.8, 4) is 0 Å². The Labute approximate surface area is 118 Å². The Morgan fingerprint density at radius 2 is 1.86 bits per heavy atom. The van der Waals surface area contributed by atoms with E-state index < -0.39 is 41.7 Å². The zero-order chi connectivity index (χ0) is 15.8. The molecule has 1 aromatic carbocycles. The van der Waals surface area contributed by atoms with E-state index in [0.717, 1.165) is 18.2 Å². The van der Waals surface area contributed by atoms with Crippen LogP contribution in [0.5, 0.6) is 0 Å². The molecule has 0 aromatic heterocycles. The van der Waals surface area contributed by atoms with Crippen molar-refractivity contribution in [3.63, 3.8) is 0 Å². The van der Waals surface area contributed by atoms with Gasteiger partial charge in [-0.3, -0.25) is 10.1 Å². The third-order valence-corrected chi connectivity index (χ3v) is 2.16. The van der Waals surface area contributed by atoms with Crippen LogP contribution in [0.25, 0.3) is 0 Å². The quantitative estimate of drug-likeness (QED) is 0.630. The molecule has 21 heavy (non-hydrogen) atoms. The van der Waals surface area contributed by atoms with Crippen molar-refractivity contribution in [2.45, 2.75) is 0 Å². The molecule has 0 fully saturated rings. The van der Waals surface area contributed by atoms with Crippen LogP contribution >= 0.6 is 0 Å². The molecule has 112 valence electrons. The van der Waals surface area contributed by atoms with E-state index in [-0.39, 0.29) is 6.54 Å². The highest BCUT2D eigenvalue weighted by molar-refractivity contribution is 5.97. The van der Waals surface area contributed by atoms with Gasteiger partial charge in [0.15, 0.2) is 6.61 Å². The van der Waals surface area contributed by atoms with E-state index in [0.29, 0.717) is 0 Å². The smallest absolute Gasteiger partial charge is 0.344 e. The molecule has 0 saturated carbocycles. The highest BCUT2D eigenvalue weighted by atomic mass is 19.1. The largest absolute Gasteiger partial charge is 0.452 e. The molecule has 1 rings (SSSR count). The zero-order valence-corrected chi connectivity index (χ0v) is 10.8. The number of rotatable bonds is 5. The van der Waals surface area contributed by atoms with Crippen LogP contribution in [-0.2, 0) is 9.53 Å². The van der Waals surface area contributed by atoms with Crippen molar-refractivity contribution in [3.05, 3.63) is 48.1 Å². The van der Waals surface area contributed by atoms with Gasteiger partial charge in [0.05, 0.1) is 0 Å². The summed E-state index contributed by atoms with van der Waals surface area (Å²) in [5, 5.41) is 4.10. The minimum atomic E-state index is -1.34. The number of carbonyl (C=O) groups is 3. The average molecular weight is 298 g/mol. The number of carbonyl (C=O) groups excluding carboxylic acids is 3. The SMILES string of the molecule is C=CCNC(=O)NC(=O)COC(=O)c1c(F)cccc1F. The number of esters is 1. The molecule has 0 unspecified atom stereocenters.